The van der Waals surface area contributed by atoms with Crippen molar-refractivity contribution in [2.24, 2.45) is 0 Å². The first kappa shape index (κ1) is 13.4. The molecule has 1 heterocycles. The maximum absolute atomic E-state index is 11.9. The van der Waals surface area contributed by atoms with Gasteiger partial charge >= 0.3 is 0 Å². The monoisotopic (exact) mass is 280 g/mol. The van der Waals surface area contributed by atoms with E-state index in [4.69, 9.17) is 11.6 Å². The number of nitrogens with one attached hydrogen (secondary N) is 2. The molecule has 0 fully saturated rings. The predicted molar refractivity (Wildman–Crippen MR) is 72.0 cm³/mol. The number of rotatable bonds is 4. The molecule has 100 valence electrons. The Kier molecular flexibility index (Phi) is 4.08. The Morgan fingerprint density at radius 1 is 1.53 bits per heavy atom. The van der Waals surface area contributed by atoms with E-state index in [0.717, 1.165) is 0 Å². The van der Waals surface area contributed by atoms with Crippen molar-refractivity contribution in [3.8, 4) is 11.4 Å². The number of amides is 1. The van der Waals surface area contributed by atoms with Crippen LogP contribution in [0, 0.1) is 0 Å². The minimum Gasteiger partial charge on any atom is -0.314 e. The molecule has 2 rings (SSSR count). The Morgan fingerprint density at radius 2 is 2.32 bits per heavy atom. The molecule has 0 aliphatic carbocycles. The Bertz CT molecular complexity index is 571. The van der Waals surface area contributed by atoms with E-state index in [1.807, 2.05) is 0 Å². The summed E-state index contributed by atoms with van der Waals surface area (Å²) >= 11 is 5.99. The second kappa shape index (κ2) is 5.77. The first-order valence-electron chi connectivity index (χ1n) is 5.58. The summed E-state index contributed by atoms with van der Waals surface area (Å²) in [6, 6.07) is 5.19. The van der Waals surface area contributed by atoms with Crippen LogP contribution in [0.1, 0.15) is 0 Å². The molecule has 0 spiro atoms. The molecule has 0 saturated carbocycles. The van der Waals surface area contributed by atoms with E-state index < -0.39 is 0 Å². The number of carbonyl (C=O) groups excluding carboxylic acids is 1. The van der Waals surface area contributed by atoms with Gasteiger partial charge in [0.25, 0.3) is 0 Å². The zero-order valence-corrected chi connectivity index (χ0v) is 11.3. The normalized spacial score (nSPS) is 10.5. The Hall–Kier alpha value is -1.99. The van der Waals surface area contributed by atoms with Gasteiger partial charge in [-0.2, -0.15) is 0 Å². The van der Waals surface area contributed by atoms with Crippen LogP contribution in [-0.2, 0) is 4.79 Å². The molecule has 0 bridgehead atoms. The highest BCUT2D eigenvalue weighted by Gasteiger charge is 2.17. The molecule has 19 heavy (non-hydrogen) atoms. The van der Waals surface area contributed by atoms with Gasteiger partial charge in [-0.25, -0.2) is 5.10 Å². The maximum Gasteiger partial charge on any atom is 0.240 e. The average molecular weight is 281 g/mol. The van der Waals surface area contributed by atoms with Crippen LogP contribution in [-0.4, -0.2) is 47.2 Å². The van der Waals surface area contributed by atoms with E-state index in [1.54, 1.807) is 32.3 Å². The number of anilines is 1. The summed E-state index contributed by atoms with van der Waals surface area (Å²) in [6.45, 7) is 0.233. The average Bonchev–Trinajstić information content (AvgIpc) is 2.92. The summed E-state index contributed by atoms with van der Waals surface area (Å²) < 4.78 is 0. The lowest BCUT2D eigenvalue weighted by molar-refractivity contribution is -0.117. The molecule has 7 nitrogen and oxygen atoms in total. The van der Waals surface area contributed by atoms with Crippen molar-refractivity contribution in [1.29, 1.82) is 0 Å². The number of halogens is 1. The third-order valence-electron chi connectivity index (χ3n) is 2.62. The van der Waals surface area contributed by atoms with Crippen LogP contribution in [0.4, 0.5) is 5.69 Å². The first-order valence-corrected chi connectivity index (χ1v) is 5.96. The molecule has 0 atom stereocenters. The summed E-state index contributed by atoms with van der Waals surface area (Å²) in [7, 11) is 3.39. The number of aromatic amines is 1. The van der Waals surface area contributed by atoms with Crippen molar-refractivity contribution in [3.63, 3.8) is 0 Å². The van der Waals surface area contributed by atoms with Gasteiger partial charge in [-0.05, 0) is 35.7 Å². The van der Waals surface area contributed by atoms with Crippen molar-refractivity contribution in [2.75, 3.05) is 25.5 Å². The van der Waals surface area contributed by atoms with E-state index in [-0.39, 0.29) is 12.5 Å². The molecule has 1 aromatic heterocycles. The summed E-state index contributed by atoms with van der Waals surface area (Å²) in [6.07, 6.45) is 0. The lowest BCUT2D eigenvalue weighted by Gasteiger charge is -2.20. The van der Waals surface area contributed by atoms with Crippen molar-refractivity contribution in [2.45, 2.75) is 0 Å². The van der Waals surface area contributed by atoms with Crippen LogP contribution in [0.3, 0.4) is 0 Å². The smallest absolute Gasteiger partial charge is 0.240 e. The van der Waals surface area contributed by atoms with Crippen LogP contribution in [0.5, 0.6) is 0 Å². The highest BCUT2D eigenvalue weighted by Crippen LogP contribution is 2.30. The standard InChI is InChI=1S/C11H13ClN6O/c1-13-6-10(19)18(2)9-5-7(12)3-4-8(9)11-14-16-17-15-11/h3-5,13H,6H2,1-2H3,(H,14,15,16,17). The molecule has 0 unspecified atom stereocenters. The summed E-state index contributed by atoms with van der Waals surface area (Å²) in [5.74, 6) is 0.397. The van der Waals surface area contributed by atoms with Gasteiger partial charge in [0, 0.05) is 17.6 Å². The van der Waals surface area contributed by atoms with Crippen LogP contribution in [0.15, 0.2) is 18.2 Å². The molecule has 0 radical (unpaired) electrons. The fourth-order valence-corrected chi connectivity index (χ4v) is 1.83. The van der Waals surface area contributed by atoms with Crippen LogP contribution in [0.2, 0.25) is 5.02 Å². The molecule has 1 aromatic carbocycles. The van der Waals surface area contributed by atoms with Gasteiger partial charge in [0.15, 0.2) is 5.82 Å². The SMILES string of the molecule is CNCC(=O)N(C)c1cc(Cl)ccc1-c1nnn[nH]1. The highest BCUT2D eigenvalue weighted by atomic mass is 35.5. The molecule has 1 amide bonds. The number of carbonyl (C=O) groups is 1. The largest absolute Gasteiger partial charge is 0.314 e. The van der Waals surface area contributed by atoms with Gasteiger partial charge in [0.1, 0.15) is 0 Å². The van der Waals surface area contributed by atoms with Crippen LogP contribution >= 0.6 is 11.6 Å². The van der Waals surface area contributed by atoms with Crippen molar-refractivity contribution >= 4 is 23.2 Å². The Morgan fingerprint density at radius 3 is 2.95 bits per heavy atom. The molecule has 8 heteroatoms. The number of aromatic nitrogens is 4. The number of H-pyrrole nitrogens is 1. The number of hydrogen-bond acceptors (Lipinski definition) is 5. The highest BCUT2D eigenvalue weighted by molar-refractivity contribution is 6.31. The third-order valence-corrected chi connectivity index (χ3v) is 2.86. The van der Waals surface area contributed by atoms with Crippen LogP contribution < -0.4 is 10.2 Å². The van der Waals surface area contributed by atoms with Gasteiger partial charge in [-0.1, -0.05) is 11.6 Å². The number of nitrogens with zero attached hydrogens (tertiary/aromatic N) is 4. The van der Waals surface area contributed by atoms with E-state index in [9.17, 15) is 4.79 Å². The zero-order valence-electron chi connectivity index (χ0n) is 10.5. The fraction of sp³-hybridized carbons (Fsp3) is 0.273. The first-order chi connectivity index (χ1) is 9.13. The van der Waals surface area contributed by atoms with Crippen molar-refractivity contribution in [3.05, 3.63) is 23.2 Å². The van der Waals surface area contributed by atoms with E-state index in [1.165, 1.54) is 4.90 Å². The second-order valence-electron chi connectivity index (χ2n) is 3.89. The predicted octanol–water partition coefficient (Wildman–Crippen LogP) is 0.702. The topological polar surface area (TPSA) is 86.8 Å². The van der Waals surface area contributed by atoms with Crippen molar-refractivity contribution in [1.82, 2.24) is 25.9 Å². The Labute approximate surface area is 114 Å². The molecule has 0 saturated heterocycles. The second-order valence-corrected chi connectivity index (χ2v) is 4.33. The maximum atomic E-state index is 11.9. The molecule has 0 aliphatic rings. The van der Waals surface area contributed by atoms with Gasteiger partial charge in [-0.15, -0.1) is 5.10 Å². The van der Waals surface area contributed by atoms with E-state index >= 15 is 0 Å². The quantitative estimate of drug-likeness (QED) is 0.861. The molecular weight excluding hydrogens is 268 g/mol. The van der Waals surface area contributed by atoms with E-state index in [0.29, 0.717) is 22.1 Å². The third kappa shape index (κ3) is 2.88. The summed E-state index contributed by atoms with van der Waals surface area (Å²) in [5.41, 5.74) is 1.35. The van der Waals surface area contributed by atoms with Gasteiger partial charge in [0.05, 0.1) is 12.2 Å². The molecule has 2 N–H and O–H groups in total. The summed E-state index contributed by atoms with van der Waals surface area (Å²) in [4.78, 5) is 13.4. The Balaban J connectivity index is 2.43. The lowest BCUT2D eigenvalue weighted by atomic mass is 10.1. The van der Waals surface area contributed by atoms with E-state index in [2.05, 4.69) is 25.9 Å². The van der Waals surface area contributed by atoms with Gasteiger partial charge < -0.3 is 10.2 Å². The molecule has 2 aromatic rings. The zero-order chi connectivity index (χ0) is 13.8. The number of likely N-dealkylation sites (N-methyl/N-ethyl adjacent to an activating group) is 2. The van der Waals surface area contributed by atoms with Crippen molar-refractivity contribution < 1.29 is 4.79 Å². The molecule has 0 aliphatic heterocycles. The van der Waals surface area contributed by atoms with Crippen LogP contribution in [0.25, 0.3) is 11.4 Å². The number of hydrogen-bond donors (Lipinski definition) is 2. The minimum absolute atomic E-state index is 0.0847. The minimum atomic E-state index is -0.0847. The number of benzene rings is 1. The molecular formula is C11H13ClN6O. The summed E-state index contributed by atoms with van der Waals surface area (Å²) in [5, 5.41) is 16.9. The lowest BCUT2D eigenvalue weighted by Crippen LogP contribution is -2.34. The fourth-order valence-electron chi connectivity index (χ4n) is 1.66. The number of tetrazole rings is 1. The van der Waals surface area contributed by atoms with Gasteiger partial charge in [0.2, 0.25) is 5.91 Å². The van der Waals surface area contributed by atoms with Gasteiger partial charge in [-0.3, -0.25) is 4.79 Å².